The fraction of sp³-hybridized carbons (Fsp3) is 0.300. The quantitative estimate of drug-likeness (QED) is 0.754. The molecule has 2 heterocycles. The van der Waals surface area contributed by atoms with Crippen LogP contribution >= 0.6 is 27.3 Å². The van der Waals surface area contributed by atoms with Gasteiger partial charge < -0.3 is 5.11 Å². The highest BCUT2D eigenvalue weighted by Crippen LogP contribution is 2.30. The van der Waals surface area contributed by atoms with E-state index in [1.807, 2.05) is 0 Å². The van der Waals surface area contributed by atoms with E-state index in [1.54, 1.807) is 13.0 Å². The second-order valence-electron chi connectivity index (χ2n) is 4.15. The van der Waals surface area contributed by atoms with E-state index in [2.05, 4.69) is 31.0 Å². The van der Waals surface area contributed by atoms with Crippen LogP contribution in [0.15, 0.2) is 20.3 Å². The molecular weight excluding hydrogens is 384 g/mol. The average Bonchev–Trinajstić information content (AvgIpc) is 2.95. The predicted molar refractivity (Wildman–Crippen MR) is 78.4 cm³/mol. The largest absolute Gasteiger partial charge is 0.480 e. The van der Waals surface area contributed by atoms with E-state index in [4.69, 9.17) is 5.11 Å². The number of sulfonamides is 1. The first-order valence-electron chi connectivity index (χ1n) is 5.64. The number of aliphatic carboxylic acids is 1. The number of carboxylic acid groups (broad SMARTS) is 1. The lowest BCUT2D eigenvalue weighted by Gasteiger charge is -2.01. The third-order valence-electron chi connectivity index (χ3n) is 2.43. The van der Waals surface area contributed by atoms with Crippen molar-refractivity contribution >= 4 is 43.3 Å². The molecule has 21 heavy (non-hydrogen) atoms. The summed E-state index contributed by atoms with van der Waals surface area (Å²) in [7, 11) is -3.63. The summed E-state index contributed by atoms with van der Waals surface area (Å²) in [5, 5.41) is 15.9. The molecule has 0 saturated heterocycles. The fourth-order valence-corrected chi connectivity index (χ4v) is 4.71. The first-order chi connectivity index (χ1) is 9.78. The van der Waals surface area contributed by atoms with Gasteiger partial charge in [-0.1, -0.05) is 5.21 Å². The van der Waals surface area contributed by atoms with Crippen LogP contribution in [0.1, 0.15) is 11.3 Å². The van der Waals surface area contributed by atoms with Crippen LogP contribution in [0.3, 0.4) is 0 Å². The van der Waals surface area contributed by atoms with Gasteiger partial charge in [-0.15, -0.1) is 16.4 Å². The standard InChI is InChI=1S/C10H11BrN4O4S2/c1-6-2-9(20-10(6)11)21(18,19)12-3-7-4-15(14-13-7)5-8(16)17/h2,4,12H,3,5H2,1H3,(H,16,17). The molecule has 0 aliphatic heterocycles. The molecule has 0 bridgehead atoms. The van der Waals surface area contributed by atoms with Crippen molar-refractivity contribution in [1.29, 1.82) is 0 Å². The Hall–Kier alpha value is -1.30. The highest BCUT2D eigenvalue weighted by molar-refractivity contribution is 9.11. The molecule has 2 aromatic rings. The number of carbonyl (C=O) groups is 1. The van der Waals surface area contributed by atoms with Crippen molar-refractivity contribution in [3.05, 3.63) is 27.3 Å². The van der Waals surface area contributed by atoms with Crippen molar-refractivity contribution in [1.82, 2.24) is 19.7 Å². The fourth-order valence-electron chi connectivity index (χ4n) is 1.44. The maximum Gasteiger partial charge on any atom is 0.325 e. The van der Waals surface area contributed by atoms with Crippen LogP contribution in [0.5, 0.6) is 0 Å². The second kappa shape index (κ2) is 6.22. The molecule has 11 heteroatoms. The van der Waals surface area contributed by atoms with E-state index in [9.17, 15) is 13.2 Å². The van der Waals surface area contributed by atoms with E-state index in [0.717, 1.165) is 25.4 Å². The van der Waals surface area contributed by atoms with Gasteiger partial charge in [0.25, 0.3) is 0 Å². The molecular formula is C10H11BrN4O4S2. The van der Waals surface area contributed by atoms with Crippen molar-refractivity contribution in [2.45, 2.75) is 24.2 Å². The van der Waals surface area contributed by atoms with Crippen molar-refractivity contribution in [3.63, 3.8) is 0 Å². The lowest BCUT2D eigenvalue weighted by Crippen LogP contribution is -2.22. The summed E-state index contributed by atoms with van der Waals surface area (Å²) in [6.07, 6.45) is 1.38. The molecule has 2 N–H and O–H groups in total. The minimum atomic E-state index is -3.63. The van der Waals surface area contributed by atoms with E-state index in [0.29, 0.717) is 5.69 Å². The monoisotopic (exact) mass is 394 g/mol. The van der Waals surface area contributed by atoms with Gasteiger partial charge in [-0.2, -0.15) is 0 Å². The van der Waals surface area contributed by atoms with Crippen LogP contribution in [-0.2, 0) is 27.9 Å². The molecule has 0 spiro atoms. The number of nitrogens with one attached hydrogen (secondary N) is 1. The maximum atomic E-state index is 12.1. The van der Waals surface area contributed by atoms with Crippen LogP contribution in [0, 0.1) is 6.92 Å². The summed E-state index contributed by atoms with van der Waals surface area (Å²) < 4.78 is 28.6. The highest BCUT2D eigenvalue weighted by Gasteiger charge is 2.18. The zero-order valence-corrected chi connectivity index (χ0v) is 14.0. The molecule has 0 unspecified atom stereocenters. The zero-order chi connectivity index (χ0) is 15.6. The van der Waals surface area contributed by atoms with Gasteiger partial charge in [-0.3, -0.25) is 4.79 Å². The first kappa shape index (κ1) is 16.1. The summed E-state index contributed by atoms with van der Waals surface area (Å²) in [5.41, 5.74) is 1.18. The van der Waals surface area contributed by atoms with Gasteiger partial charge in [0.15, 0.2) is 0 Å². The number of hydrogen-bond donors (Lipinski definition) is 2. The molecule has 0 aliphatic rings. The van der Waals surface area contributed by atoms with Crippen LogP contribution in [0.4, 0.5) is 0 Å². The Morgan fingerprint density at radius 1 is 1.57 bits per heavy atom. The lowest BCUT2D eigenvalue weighted by atomic mass is 10.4. The summed E-state index contributed by atoms with van der Waals surface area (Å²) in [5.74, 6) is -1.05. The molecule has 8 nitrogen and oxygen atoms in total. The summed E-state index contributed by atoms with van der Waals surface area (Å²) in [6.45, 7) is 1.42. The number of nitrogens with zero attached hydrogens (tertiary/aromatic N) is 3. The predicted octanol–water partition coefficient (Wildman–Crippen LogP) is 0.974. The Bertz CT molecular complexity index is 748. The maximum absolute atomic E-state index is 12.1. The van der Waals surface area contributed by atoms with E-state index >= 15 is 0 Å². The number of thiophene rings is 1. The van der Waals surface area contributed by atoms with Crippen molar-refractivity contribution in [2.75, 3.05) is 0 Å². The van der Waals surface area contributed by atoms with Crippen LogP contribution < -0.4 is 4.72 Å². The Labute approximate surface area is 133 Å². The minimum Gasteiger partial charge on any atom is -0.480 e. The minimum absolute atomic E-state index is 0.0590. The van der Waals surface area contributed by atoms with Gasteiger partial charge in [-0.25, -0.2) is 17.8 Å². The molecule has 0 aliphatic carbocycles. The van der Waals surface area contributed by atoms with Gasteiger partial charge in [0, 0.05) is 0 Å². The van der Waals surface area contributed by atoms with E-state index in [-0.39, 0.29) is 17.3 Å². The molecule has 0 fully saturated rings. The van der Waals surface area contributed by atoms with E-state index < -0.39 is 16.0 Å². The molecule has 114 valence electrons. The normalized spacial score (nSPS) is 11.7. The molecule has 2 aromatic heterocycles. The molecule has 0 saturated carbocycles. The van der Waals surface area contributed by atoms with Crippen LogP contribution in [0.25, 0.3) is 0 Å². The second-order valence-corrected chi connectivity index (χ2v) is 8.51. The summed E-state index contributed by atoms with van der Waals surface area (Å²) in [6, 6.07) is 1.57. The van der Waals surface area contributed by atoms with E-state index in [1.165, 1.54) is 6.20 Å². The number of rotatable bonds is 6. The van der Waals surface area contributed by atoms with Gasteiger partial charge in [0.2, 0.25) is 10.0 Å². The molecule has 0 aromatic carbocycles. The number of hydrogen-bond acceptors (Lipinski definition) is 6. The molecule has 0 atom stereocenters. The summed E-state index contributed by atoms with van der Waals surface area (Å²) in [4.78, 5) is 10.5. The Balaban J connectivity index is 2.04. The third kappa shape index (κ3) is 4.09. The Morgan fingerprint density at radius 3 is 2.86 bits per heavy atom. The topological polar surface area (TPSA) is 114 Å². The highest BCUT2D eigenvalue weighted by atomic mass is 79.9. The van der Waals surface area contributed by atoms with Gasteiger partial charge in [0.05, 0.1) is 22.2 Å². The van der Waals surface area contributed by atoms with Crippen molar-refractivity contribution < 1.29 is 18.3 Å². The van der Waals surface area contributed by atoms with Crippen LogP contribution in [-0.4, -0.2) is 34.5 Å². The zero-order valence-electron chi connectivity index (χ0n) is 10.8. The summed E-state index contributed by atoms with van der Waals surface area (Å²) >= 11 is 4.39. The average molecular weight is 395 g/mol. The van der Waals surface area contributed by atoms with Gasteiger partial charge >= 0.3 is 5.97 Å². The number of aromatic nitrogens is 3. The Kier molecular flexibility index (Phi) is 4.76. The molecule has 2 rings (SSSR count). The van der Waals surface area contributed by atoms with Crippen LogP contribution in [0.2, 0.25) is 0 Å². The van der Waals surface area contributed by atoms with Crippen molar-refractivity contribution in [2.24, 2.45) is 0 Å². The number of aryl methyl sites for hydroxylation is 1. The number of carboxylic acids is 1. The first-order valence-corrected chi connectivity index (χ1v) is 8.73. The Morgan fingerprint density at radius 2 is 2.29 bits per heavy atom. The lowest BCUT2D eigenvalue weighted by molar-refractivity contribution is -0.137. The van der Waals surface area contributed by atoms with Gasteiger partial charge in [0.1, 0.15) is 10.8 Å². The number of halogens is 1. The third-order valence-corrected chi connectivity index (χ3v) is 6.44. The molecule has 0 amide bonds. The SMILES string of the molecule is Cc1cc(S(=O)(=O)NCc2cn(CC(=O)O)nn2)sc1Br. The van der Waals surface area contributed by atoms with Gasteiger partial charge in [-0.05, 0) is 34.5 Å². The molecule has 0 radical (unpaired) electrons. The smallest absolute Gasteiger partial charge is 0.325 e. The van der Waals surface area contributed by atoms with Crippen molar-refractivity contribution in [3.8, 4) is 0 Å².